The third-order valence-electron chi connectivity index (χ3n) is 11.5. The number of aryl methyl sites for hydroxylation is 2. The van der Waals surface area contributed by atoms with Gasteiger partial charge in [0.1, 0.15) is 21.5 Å². The standard InChI is InChI=1S/C30H31N2O2S.C14H12Br3NO.C14H10Br3NO.ClH.Ru/c1-24-19-21-28(22-20-24)35(33,34)32-30(27-17-9-4-10-18-27)29(26-15-7-3-8-16-26)31-23-11-14-25-12-5-2-6-13-25;2*15-9-2-4-12(17)8(5-9)6-13(18)11-3-1-10(16)7-14(11)19;;/h2-10,12-13,15-22,29-31H,11,14,23H2,1H3;1-5,7,13,19H,6,18H2;1-5,7,18-19H,6H2;1H;/q-1;;;;+2/p-1/t29-,30-;13-;;;/m01.../s1. The molecule has 0 aromatic heterocycles. The summed E-state index contributed by atoms with van der Waals surface area (Å²) in [4.78, 5) is 0.208. The Balaban J connectivity index is 0.000000221. The average Bonchev–Trinajstić information content (AvgIpc) is 3.40. The van der Waals surface area contributed by atoms with Gasteiger partial charge < -0.3 is 31.4 Å². The van der Waals surface area contributed by atoms with E-state index in [9.17, 15) is 18.6 Å². The molecule has 8 rings (SSSR count). The third kappa shape index (κ3) is 20.1. The molecule has 8 aromatic rings. The van der Waals surface area contributed by atoms with Crippen molar-refractivity contribution in [2.24, 2.45) is 5.73 Å². The van der Waals surface area contributed by atoms with E-state index in [1.807, 2.05) is 146 Å². The Labute approximate surface area is 505 Å². The number of rotatable bonds is 17. The summed E-state index contributed by atoms with van der Waals surface area (Å²) in [6, 6.07) is 58.1. The van der Waals surface area contributed by atoms with Crippen LogP contribution in [0.15, 0.2) is 220 Å². The van der Waals surface area contributed by atoms with Crippen LogP contribution >= 0.6 is 105 Å². The molecule has 6 N–H and O–H groups in total. The van der Waals surface area contributed by atoms with Crippen molar-refractivity contribution in [3.63, 3.8) is 0 Å². The van der Waals surface area contributed by atoms with Crippen LogP contribution in [0.2, 0.25) is 0 Å². The van der Waals surface area contributed by atoms with E-state index < -0.39 is 16.1 Å². The van der Waals surface area contributed by atoms with Crippen LogP contribution in [0.1, 0.15) is 69.1 Å². The van der Waals surface area contributed by atoms with Gasteiger partial charge in [-0.2, -0.15) is 0 Å². The maximum absolute atomic E-state index is 13.4. The average molecular weight is 1520 g/mol. The summed E-state index contributed by atoms with van der Waals surface area (Å²) in [6.45, 7) is 2.67. The van der Waals surface area contributed by atoms with E-state index in [0.29, 0.717) is 24.1 Å². The van der Waals surface area contributed by atoms with Crippen molar-refractivity contribution in [1.82, 2.24) is 5.32 Å². The van der Waals surface area contributed by atoms with Crippen molar-refractivity contribution < 1.29 is 35.9 Å². The van der Waals surface area contributed by atoms with Gasteiger partial charge in [-0.15, -0.1) is 0 Å². The van der Waals surface area contributed by atoms with Crippen LogP contribution in [0.5, 0.6) is 11.5 Å². The maximum atomic E-state index is 13.4. The predicted molar refractivity (Wildman–Crippen MR) is 325 cm³/mol. The molecular formula is C58H53Br6ClN4O4RuS. The first kappa shape index (κ1) is 62.5. The van der Waals surface area contributed by atoms with Gasteiger partial charge >= 0.3 is 27.0 Å². The molecule has 0 amide bonds. The molecule has 0 spiro atoms. The van der Waals surface area contributed by atoms with Gasteiger partial charge in [0, 0.05) is 67.1 Å². The number of sulfonamides is 1. The quantitative estimate of drug-likeness (QED) is 0.0348. The number of benzene rings is 8. The molecule has 8 aromatic carbocycles. The monoisotopic (exact) mass is 1510 g/mol. The zero-order chi connectivity index (χ0) is 54.5. The zero-order valence-corrected chi connectivity index (χ0v) is 53.1. The molecule has 0 aliphatic carbocycles. The Morgan fingerprint density at radius 2 is 1.13 bits per heavy atom. The summed E-state index contributed by atoms with van der Waals surface area (Å²) in [5, 5.41) is 31.6. The molecule has 0 bridgehead atoms. The summed E-state index contributed by atoms with van der Waals surface area (Å²) < 4.78 is 36.9. The molecule has 0 saturated carbocycles. The topological polar surface area (TPSA) is 151 Å². The van der Waals surface area contributed by atoms with Gasteiger partial charge in [0.2, 0.25) is 0 Å². The van der Waals surface area contributed by atoms with Gasteiger partial charge in [-0.05, 0) is 134 Å². The molecule has 0 unspecified atom stereocenters. The number of nitrogens with one attached hydrogen (secondary N) is 2. The van der Waals surface area contributed by atoms with Crippen LogP contribution in [-0.2, 0) is 46.6 Å². The molecule has 75 heavy (non-hydrogen) atoms. The summed E-state index contributed by atoms with van der Waals surface area (Å²) >= 11 is 22.3. The number of hydrogen-bond acceptors (Lipinski definition) is 7. The first-order valence-corrected chi connectivity index (χ1v) is 31.6. The zero-order valence-electron chi connectivity index (χ0n) is 40.3. The van der Waals surface area contributed by atoms with Crippen LogP contribution in [0, 0.1) is 12.3 Å². The Bertz CT molecular complexity index is 3190. The normalized spacial score (nSPS) is 12.1. The number of phenolic OH excluding ortho intramolecular Hbond substituents is 2. The predicted octanol–water partition coefficient (Wildman–Crippen LogP) is 17.7. The minimum absolute atomic E-state index is 0.116. The van der Waals surface area contributed by atoms with E-state index in [4.69, 9.17) is 11.1 Å². The van der Waals surface area contributed by atoms with E-state index in [1.165, 1.54) is 5.56 Å². The van der Waals surface area contributed by atoms with Crippen molar-refractivity contribution in [2.75, 3.05) is 6.54 Å². The first-order valence-electron chi connectivity index (χ1n) is 23.2. The summed E-state index contributed by atoms with van der Waals surface area (Å²) in [5.74, 6) is 0.332. The van der Waals surface area contributed by atoms with Gasteiger partial charge in [-0.25, -0.2) is 8.42 Å². The number of nitrogens with two attached hydrogens (primary N) is 1. The van der Waals surface area contributed by atoms with Crippen molar-refractivity contribution >= 4 is 121 Å². The molecule has 0 saturated heterocycles. The molecule has 392 valence electrons. The van der Waals surface area contributed by atoms with Crippen molar-refractivity contribution in [3.8, 4) is 11.5 Å². The molecule has 8 nitrogen and oxygen atoms in total. The summed E-state index contributed by atoms with van der Waals surface area (Å²) in [7, 11) is 0.703. The second kappa shape index (κ2) is 31.9. The molecule has 0 radical (unpaired) electrons. The van der Waals surface area contributed by atoms with Crippen LogP contribution < -0.4 is 11.1 Å². The van der Waals surface area contributed by atoms with E-state index in [2.05, 4.69) is 140 Å². The first-order chi connectivity index (χ1) is 36.0. The number of aromatic hydroxyl groups is 2. The summed E-state index contributed by atoms with van der Waals surface area (Å²) in [6.07, 6.45) is 2.98. The van der Waals surface area contributed by atoms with Gasteiger partial charge in [0.15, 0.2) is 0 Å². The number of halogens is 7. The SMILES string of the molecule is Cc1ccc(S(=O)(=O)[N-][C@@H](c2ccccc2)[C@@H](NCCCc2ccccc2)c2ccccc2)cc1.N=C(Cc1cc(Br)ccc1Br)c1ccc(Br)cc1O.N[C@H](Cc1cc(Br)ccc1Br)c1ccc(Br)cc1O.[Cl][Ru+]. The molecule has 0 fully saturated rings. The number of nitrogens with zero attached hydrogens (tertiary/aromatic N) is 1. The van der Waals surface area contributed by atoms with E-state index >= 15 is 0 Å². The van der Waals surface area contributed by atoms with Gasteiger partial charge in [0.25, 0.3) is 0 Å². The van der Waals surface area contributed by atoms with Crippen molar-refractivity contribution in [3.05, 3.63) is 264 Å². The molecule has 0 aliphatic rings. The van der Waals surface area contributed by atoms with Crippen molar-refractivity contribution in [1.29, 1.82) is 5.41 Å². The molecular weight excluding hydrogens is 1460 g/mol. The summed E-state index contributed by atoms with van der Waals surface area (Å²) in [5.41, 5.74) is 14.1. The number of phenols is 2. The Kier molecular flexibility index (Phi) is 26.6. The third-order valence-corrected chi connectivity index (χ3v) is 16.4. The molecule has 3 atom stereocenters. The Morgan fingerprint density at radius 3 is 1.71 bits per heavy atom. The number of hydrogen-bond donors (Lipinski definition) is 5. The van der Waals surface area contributed by atoms with Gasteiger partial charge in [-0.3, -0.25) is 0 Å². The molecule has 17 heteroatoms. The second-order valence-corrected chi connectivity index (χ2v) is 24.0. The van der Waals surface area contributed by atoms with Crippen LogP contribution in [0.3, 0.4) is 0 Å². The fourth-order valence-electron chi connectivity index (χ4n) is 7.75. The Morgan fingerprint density at radius 1 is 0.640 bits per heavy atom. The fourth-order valence-corrected chi connectivity index (χ4v) is 11.2. The van der Waals surface area contributed by atoms with Gasteiger partial charge in [-0.1, -0.05) is 222 Å². The van der Waals surface area contributed by atoms with E-state index in [-0.39, 0.29) is 28.5 Å². The van der Waals surface area contributed by atoms with Crippen LogP contribution in [-0.4, -0.2) is 30.9 Å². The van der Waals surface area contributed by atoms with Crippen LogP contribution in [0.4, 0.5) is 0 Å². The van der Waals surface area contributed by atoms with E-state index in [1.54, 1.807) is 42.5 Å². The van der Waals surface area contributed by atoms with Crippen LogP contribution in [0.25, 0.3) is 4.72 Å². The minimum atomic E-state index is -3.87. The van der Waals surface area contributed by atoms with E-state index in [0.717, 1.165) is 79.6 Å². The van der Waals surface area contributed by atoms with Gasteiger partial charge in [0.05, 0.1) is 0 Å². The molecule has 0 aliphatic heterocycles. The Hall–Kier alpha value is -3.35. The van der Waals surface area contributed by atoms with Crippen molar-refractivity contribution in [2.45, 2.75) is 55.6 Å². The second-order valence-electron chi connectivity index (χ2n) is 17.0. The molecule has 0 heterocycles. The fraction of sp³-hybridized carbons (Fsp3) is 0.155.